The molecule has 1 fully saturated rings. The molecule has 1 saturated carbocycles. The highest BCUT2D eigenvalue weighted by atomic mass is 16.5. The van der Waals surface area contributed by atoms with Crippen LogP contribution in [0.3, 0.4) is 0 Å². The predicted molar refractivity (Wildman–Crippen MR) is 130 cm³/mol. The molecule has 0 bridgehead atoms. The standard InChI is InChI=1S/C28H27N3O2/c1-33-27-24(26(32)29-28(19-11-12-20-28)22-15-7-3-8-16-22)25(21-13-5-2-6-14-21)30-31(27)23-17-9-4-10-18-23/h2-10,13-18H,11-12,19-20H2,1H3,(H,29,32). The minimum atomic E-state index is -0.383. The molecule has 5 rings (SSSR count). The van der Waals surface area contributed by atoms with Crippen molar-refractivity contribution in [3.05, 3.63) is 102 Å². The van der Waals surface area contributed by atoms with Crippen molar-refractivity contribution in [1.29, 1.82) is 0 Å². The SMILES string of the molecule is COc1c(C(=O)NC2(c3ccccc3)CCCC2)c(-c2ccccc2)nn1-c1ccccc1. The first-order valence-electron chi connectivity index (χ1n) is 11.4. The number of carbonyl (C=O) groups excluding carboxylic acids is 1. The molecule has 166 valence electrons. The van der Waals surface area contributed by atoms with Crippen molar-refractivity contribution in [2.24, 2.45) is 0 Å². The Labute approximate surface area is 194 Å². The van der Waals surface area contributed by atoms with Crippen LogP contribution in [0.25, 0.3) is 16.9 Å². The lowest BCUT2D eigenvalue weighted by molar-refractivity contribution is 0.0895. The number of carbonyl (C=O) groups is 1. The fourth-order valence-electron chi connectivity index (χ4n) is 4.84. The summed E-state index contributed by atoms with van der Waals surface area (Å²) in [5.41, 5.74) is 3.53. The molecule has 0 spiro atoms. The van der Waals surface area contributed by atoms with Crippen molar-refractivity contribution in [2.45, 2.75) is 31.2 Å². The summed E-state index contributed by atoms with van der Waals surface area (Å²) in [5, 5.41) is 8.25. The molecule has 0 radical (unpaired) electrons. The van der Waals surface area contributed by atoms with E-state index >= 15 is 0 Å². The lowest BCUT2D eigenvalue weighted by Gasteiger charge is -2.31. The third kappa shape index (κ3) is 3.91. The summed E-state index contributed by atoms with van der Waals surface area (Å²) >= 11 is 0. The molecular formula is C28H27N3O2. The van der Waals surface area contributed by atoms with Gasteiger partial charge in [-0.05, 0) is 30.5 Å². The first-order chi connectivity index (χ1) is 16.2. The van der Waals surface area contributed by atoms with Gasteiger partial charge in [0.2, 0.25) is 5.88 Å². The van der Waals surface area contributed by atoms with Gasteiger partial charge in [-0.1, -0.05) is 91.7 Å². The van der Waals surface area contributed by atoms with E-state index in [4.69, 9.17) is 9.84 Å². The molecule has 33 heavy (non-hydrogen) atoms. The molecule has 1 amide bonds. The van der Waals surface area contributed by atoms with Crippen molar-refractivity contribution in [2.75, 3.05) is 7.11 Å². The van der Waals surface area contributed by atoms with Gasteiger partial charge >= 0.3 is 0 Å². The zero-order valence-electron chi connectivity index (χ0n) is 18.7. The molecule has 0 aliphatic heterocycles. The Morgan fingerprint density at radius 1 is 0.879 bits per heavy atom. The average molecular weight is 438 g/mol. The van der Waals surface area contributed by atoms with Crippen LogP contribution in [-0.4, -0.2) is 22.8 Å². The van der Waals surface area contributed by atoms with E-state index in [1.807, 2.05) is 78.9 Å². The molecule has 1 N–H and O–H groups in total. The maximum atomic E-state index is 14.0. The Bertz CT molecular complexity index is 1230. The number of hydrogen-bond acceptors (Lipinski definition) is 3. The highest BCUT2D eigenvalue weighted by molar-refractivity contribution is 6.03. The van der Waals surface area contributed by atoms with Gasteiger partial charge in [0, 0.05) is 5.56 Å². The maximum Gasteiger partial charge on any atom is 0.259 e. The van der Waals surface area contributed by atoms with E-state index in [0.29, 0.717) is 17.1 Å². The molecule has 1 aliphatic rings. The smallest absolute Gasteiger partial charge is 0.259 e. The Kier molecular flexibility index (Phi) is 5.69. The number of aromatic nitrogens is 2. The first-order valence-corrected chi connectivity index (χ1v) is 11.4. The largest absolute Gasteiger partial charge is 0.480 e. The average Bonchev–Trinajstić information content (AvgIpc) is 3.51. The Morgan fingerprint density at radius 2 is 1.45 bits per heavy atom. The molecule has 5 heteroatoms. The van der Waals surface area contributed by atoms with Crippen molar-refractivity contribution in [1.82, 2.24) is 15.1 Å². The van der Waals surface area contributed by atoms with Gasteiger partial charge < -0.3 is 10.1 Å². The number of benzene rings is 3. The van der Waals surface area contributed by atoms with Crippen LogP contribution in [0.1, 0.15) is 41.6 Å². The monoisotopic (exact) mass is 437 g/mol. The van der Waals surface area contributed by atoms with Crippen LogP contribution in [0.15, 0.2) is 91.0 Å². The third-order valence-electron chi connectivity index (χ3n) is 6.45. The van der Waals surface area contributed by atoms with Gasteiger partial charge in [-0.2, -0.15) is 9.78 Å². The minimum absolute atomic E-state index is 0.168. The summed E-state index contributed by atoms with van der Waals surface area (Å²) in [6.45, 7) is 0. The number of nitrogens with one attached hydrogen (secondary N) is 1. The van der Waals surface area contributed by atoms with E-state index in [2.05, 4.69) is 17.4 Å². The number of methoxy groups -OCH3 is 1. The summed E-state index contributed by atoms with van der Waals surface area (Å²) in [4.78, 5) is 14.0. The number of amides is 1. The molecule has 4 aromatic rings. The van der Waals surface area contributed by atoms with Gasteiger partial charge in [-0.15, -0.1) is 0 Å². The van der Waals surface area contributed by atoms with E-state index in [1.165, 1.54) is 0 Å². The van der Waals surface area contributed by atoms with Crippen molar-refractivity contribution in [3.8, 4) is 22.8 Å². The van der Waals surface area contributed by atoms with Gasteiger partial charge in [-0.25, -0.2) is 0 Å². The number of nitrogens with zero attached hydrogens (tertiary/aromatic N) is 2. The topological polar surface area (TPSA) is 56.1 Å². The number of ether oxygens (including phenoxy) is 1. The lowest BCUT2D eigenvalue weighted by atomic mass is 9.87. The van der Waals surface area contributed by atoms with Crippen LogP contribution in [0.5, 0.6) is 5.88 Å². The van der Waals surface area contributed by atoms with Gasteiger partial charge in [0.1, 0.15) is 11.3 Å². The zero-order chi connectivity index (χ0) is 22.7. The van der Waals surface area contributed by atoms with Crippen LogP contribution < -0.4 is 10.1 Å². The van der Waals surface area contributed by atoms with E-state index in [-0.39, 0.29) is 11.4 Å². The Hall–Kier alpha value is -3.86. The Balaban J connectivity index is 1.63. The van der Waals surface area contributed by atoms with E-state index in [1.54, 1.807) is 11.8 Å². The molecule has 1 aromatic heterocycles. The van der Waals surface area contributed by atoms with Crippen molar-refractivity contribution >= 4 is 5.91 Å². The number of para-hydroxylation sites is 1. The number of rotatable bonds is 6. The van der Waals surface area contributed by atoms with Crippen LogP contribution in [0, 0.1) is 0 Å². The van der Waals surface area contributed by atoms with Crippen LogP contribution in [-0.2, 0) is 5.54 Å². The zero-order valence-corrected chi connectivity index (χ0v) is 18.7. The van der Waals surface area contributed by atoms with E-state index < -0.39 is 0 Å². The van der Waals surface area contributed by atoms with Gasteiger partial charge in [0.05, 0.1) is 18.3 Å². The molecule has 1 heterocycles. The Morgan fingerprint density at radius 3 is 2.06 bits per heavy atom. The number of hydrogen-bond donors (Lipinski definition) is 1. The summed E-state index contributed by atoms with van der Waals surface area (Å²) in [7, 11) is 1.59. The van der Waals surface area contributed by atoms with E-state index in [0.717, 1.165) is 42.5 Å². The molecule has 5 nitrogen and oxygen atoms in total. The van der Waals surface area contributed by atoms with Gasteiger partial charge in [-0.3, -0.25) is 4.79 Å². The van der Waals surface area contributed by atoms with Crippen molar-refractivity contribution < 1.29 is 9.53 Å². The minimum Gasteiger partial charge on any atom is -0.480 e. The van der Waals surface area contributed by atoms with Crippen LogP contribution >= 0.6 is 0 Å². The fraction of sp³-hybridized carbons (Fsp3) is 0.214. The molecule has 0 unspecified atom stereocenters. The normalized spacial score (nSPS) is 14.7. The quantitative estimate of drug-likeness (QED) is 0.418. The van der Waals surface area contributed by atoms with Crippen LogP contribution in [0.4, 0.5) is 0 Å². The molecule has 0 atom stereocenters. The first kappa shape index (κ1) is 21.0. The summed E-state index contributed by atoms with van der Waals surface area (Å²) < 4.78 is 7.51. The second-order valence-electron chi connectivity index (χ2n) is 8.46. The fourth-order valence-corrected chi connectivity index (χ4v) is 4.84. The van der Waals surface area contributed by atoms with Gasteiger partial charge in [0.15, 0.2) is 0 Å². The van der Waals surface area contributed by atoms with E-state index in [9.17, 15) is 4.79 Å². The van der Waals surface area contributed by atoms with Crippen LogP contribution in [0.2, 0.25) is 0 Å². The highest BCUT2D eigenvalue weighted by Crippen LogP contribution is 2.40. The lowest BCUT2D eigenvalue weighted by Crippen LogP contribution is -2.44. The van der Waals surface area contributed by atoms with Crippen molar-refractivity contribution in [3.63, 3.8) is 0 Å². The molecular weight excluding hydrogens is 410 g/mol. The summed E-state index contributed by atoms with van der Waals surface area (Å²) in [6.07, 6.45) is 4.00. The molecule has 1 aliphatic carbocycles. The third-order valence-corrected chi connectivity index (χ3v) is 6.45. The maximum absolute atomic E-state index is 14.0. The second-order valence-corrected chi connectivity index (χ2v) is 8.46. The molecule has 3 aromatic carbocycles. The van der Waals surface area contributed by atoms with Gasteiger partial charge in [0.25, 0.3) is 5.91 Å². The summed E-state index contributed by atoms with van der Waals surface area (Å²) in [5.74, 6) is 0.261. The molecule has 0 saturated heterocycles. The highest BCUT2D eigenvalue weighted by Gasteiger charge is 2.39. The summed E-state index contributed by atoms with van der Waals surface area (Å²) in [6, 6.07) is 29.8. The predicted octanol–water partition coefficient (Wildman–Crippen LogP) is 5.75. The second kappa shape index (κ2) is 8.94.